The number of hydrogen-bond acceptors (Lipinski definition) is 3. The van der Waals surface area contributed by atoms with Crippen LogP contribution in [0.1, 0.15) is 44.6 Å². The van der Waals surface area contributed by atoms with E-state index in [4.69, 9.17) is 4.52 Å². The molecule has 1 aromatic carbocycles. The van der Waals surface area contributed by atoms with Crippen molar-refractivity contribution in [1.82, 2.24) is 5.16 Å². The Labute approximate surface area is 127 Å². The Morgan fingerprint density at radius 2 is 1.29 bits per heavy atom. The third-order valence-corrected chi connectivity index (χ3v) is 4.97. The Morgan fingerprint density at radius 3 is 1.76 bits per heavy atom. The van der Waals surface area contributed by atoms with E-state index in [9.17, 15) is 0 Å². The van der Waals surface area contributed by atoms with Crippen molar-refractivity contribution in [3.05, 3.63) is 44.6 Å². The fraction of sp³-hybridized carbons (Fsp3) is 0.500. The van der Waals surface area contributed by atoms with E-state index in [1.165, 1.54) is 33.4 Å². The van der Waals surface area contributed by atoms with Crippen molar-refractivity contribution >= 4 is 5.88 Å². The van der Waals surface area contributed by atoms with Gasteiger partial charge in [0.2, 0.25) is 5.88 Å². The highest BCUT2D eigenvalue weighted by atomic mass is 16.5. The summed E-state index contributed by atoms with van der Waals surface area (Å²) in [5.41, 5.74) is 10.6. The maximum absolute atomic E-state index is 5.30. The average Bonchev–Trinajstić information content (AvgIpc) is 2.78. The smallest absolute Gasteiger partial charge is 0.227 e. The Balaban J connectivity index is 2.16. The third kappa shape index (κ3) is 2.82. The Bertz CT molecular complexity index is 639. The molecule has 1 heterocycles. The molecule has 0 fully saturated rings. The minimum Gasteiger partial charge on any atom is -0.353 e. The first kappa shape index (κ1) is 15.6. The molecule has 2 aromatic rings. The van der Waals surface area contributed by atoms with Crippen molar-refractivity contribution in [2.24, 2.45) is 0 Å². The molecule has 0 saturated heterocycles. The van der Waals surface area contributed by atoms with Gasteiger partial charge in [0.1, 0.15) is 0 Å². The zero-order valence-corrected chi connectivity index (χ0v) is 14.3. The molecular weight excluding hydrogens is 260 g/mol. The van der Waals surface area contributed by atoms with Gasteiger partial charge < -0.3 is 9.84 Å². The molecule has 1 N–H and O–H groups in total. The molecule has 0 spiro atoms. The first-order valence-corrected chi connectivity index (χ1v) is 7.57. The fourth-order valence-corrected chi connectivity index (χ4v) is 2.83. The predicted molar refractivity (Wildman–Crippen MR) is 88.3 cm³/mol. The number of hydrogen-bond donors (Lipinski definition) is 1. The molecule has 0 bridgehead atoms. The quantitative estimate of drug-likeness (QED) is 0.900. The van der Waals surface area contributed by atoms with Crippen LogP contribution in [0.15, 0.2) is 4.52 Å². The molecule has 21 heavy (non-hydrogen) atoms. The van der Waals surface area contributed by atoms with Gasteiger partial charge in [0.25, 0.3) is 0 Å². The Morgan fingerprint density at radius 1 is 0.762 bits per heavy atom. The van der Waals surface area contributed by atoms with E-state index in [1.807, 2.05) is 13.8 Å². The maximum atomic E-state index is 5.30. The van der Waals surface area contributed by atoms with Crippen molar-refractivity contribution < 1.29 is 4.52 Å². The van der Waals surface area contributed by atoms with E-state index in [-0.39, 0.29) is 0 Å². The lowest BCUT2D eigenvalue weighted by atomic mass is 9.88. The van der Waals surface area contributed by atoms with E-state index >= 15 is 0 Å². The number of anilines is 1. The molecule has 114 valence electrons. The molecule has 0 aliphatic heterocycles. The van der Waals surface area contributed by atoms with Crippen LogP contribution in [-0.2, 0) is 6.42 Å². The molecule has 0 radical (unpaired) electrons. The summed E-state index contributed by atoms with van der Waals surface area (Å²) in [6, 6.07) is 0. The topological polar surface area (TPSA) is 38.1 Å². The van der Waals surface area contributed by atoms with Gasteiger partial charge in [-0.25, -0.2) is 0 Å². The van der Waals surface area contributed by atoms with Gasteiger partial charge in [-0.15, -0.1) is 0 Å². The third-order valence-electron chi connectivity index (χ3n) is 4.97. The zero-order chi connectivity index (χ0) is 15.7. The number of nitrogens with one attached hydrogen (secondary N) is 1. The van der Waals surface area contributed by atoms with Gasteiger partial charge in [-0.1, -0.05) is 5.16 Å². The summed E-state index contributed by atoms with van der Waals surface area (Å²) in [6.45, 7) is 16.0. The van der Waals surface area contributed by atoms with Gasteiger partial charge in [0, 0.05) is 12.1 Å². The molecule has 0 saturated carbocycles. The summed E-state index contributed by atoms with van der Waals surface area (Å²) in [5.74, 6) is 0.795. The van der Waals surface area contributed by atoms with E-state index in [0.717, 1.165) is 30.1 Å². The second-order valence-corrected chi connectivity index (χ2v) is 6.00. The predicted octanol–water partition coefficient (Wildman–Crippen LogP) is 4.49. The number of nitrogens with zero attached hydrogens (tertiary/aromatic N) is 1. The summed E-state index contributed by atoms with van der Waals surface area (Å²) in [7, 11) is 0. The summed E-state index contributed by atoms with van der Waals surface area (Å²) in [5, 5.41) is 7.34. The summed E-state index contributed by atoms with van der Waals surface area (Å²) in [6.07, 6.45) is 0.999. The lowest BCUT2D eigenvalue weighted by Gasteiger charge is -2.18. The van der Waals surface area contributed by atoms with Crippen LogP contribution < -0.4 is 5.32 Å². The highest BCUT2D eigenvalue weighted by molar-refractivity contribution is 5.50. The van der Waals surface area contributed by atoms with Crippen LogP contribution in [0.4, 0.5) is 5.88 Å². The van der Waals surface area contributed by atoms with Gasteiger partial charge in [0.15, 0.2) is 0 Å². The van der Waals surface area contributed by atoms with Crippen LogP contribution in [0.3, 0.4) is 0 Å². The SMILES string of the molecule is Cc1noc(NCCc2c(C)c(C)c(C)c(C)c2C)c1C. The van der Waals surface area contributed by atoms with E-state index in [1.54, 1.807) is 0 Å². The zero-order valence-electron chi connectivity index (χ0n) is 14.3. The minimum absolute atomic E-state index is 0.795. The maximum Gasteiger partial charge on any atom is 0.227 e. The summed E-state index contributed by atoms with van der Waals surface area (Å²) < 4.78 is 5.30. The van der Waals surface area contributed by atoms with E-state index in [0.29, 0.717) is 0 Å². The first-order valence-electron chi connectivity index (χ1n) is 7.57. The first-order chi connectivity index (χ1) is 9.84. The normalized spacial score (nSPS) is 11.0. The van der Waals surface area contributed by atoms with Crippen LogP contribution in [0, 0.1) is 48.5 Å². The van der Waals surface area contributed by atoms with Gasteiger partial charge >= 0.3 is 0 Å². The van der Waals surface area contributed by atoms with Crippen molar-refractivity contribution in [3.63, 3.8) is 0 Å². The van der Waals surface area contributed by atoms with Crippen molar-refractivity contribution in [1.29, 1.82) is 0 Å². The second kappa shape index (κ2) is 5.92. The lowest BCUT2D eigenvalue weighted by molar-refractivity contribution is 0.427. The number of benzene rings is 1. The Kier molecular flexibility index (Phi) is 4.40. The van der Waals surface area contributed by atoms with Gasteiger partial charge in [0.05, 0.1) is 5.69 Å². The summed E-state index contributed by atoms with van der Waals surface area (Å²) >= 11 is 0. The van der Waals surface area contributed by atoms with Crippen LogP contribution >= 0.6 is 0 Å². The molecule has 2 rings (SSSR count). The molecule has 0 unspecified atom stereocenters. The number of aryl methyl sites for hydroxylation is 1. The van der Waals surface area contributed by atoms with Crippen LogP contribution in [0.2, 0.25) is 0 Å². The Hall–Kier alpha value is -1.77. The van der Waals surface area contributed by atoms with Gasteiger partial charge in [-0.3, -0.25) is 0 Å². The molecule has 3 nitrogen and oxygen atoms in total. The van der Waals surface area contributed by atoms with Gasteiger partial charge in [-0.05, 0) is 88.3 Å². The highest BCUT2D eigenvalue weighted by Crippen LogP contribution is 2.26. The summed E-state index contributed by atoms with van der Waals surface area (Å²) in [4.78, 5) is 0. The van der Waals surface area contributed by atoms with E-state index in [2.05, 4.69) is 45.1 Å². The standard InChI is InChI=1S/C18H26N2O/c1-10-11(2)13(4)17(14(5)12(10)3)8-9-19-18-15(6)16(7)20-21-18/h19H,8-9H2,1-7H3. The number of rotatable bonds is 4. The second-order valence-electron chi connectivity index (χ2n) is 6.00. The van der Waals surface area contributed by atoms with Crippen molar-refractivity contribution in [2.45, 2.75) is 54.9 Å². The molecule has 0 amide bonds. The minimum atomic E-state index is 0.795. The molecule has 0 aliphatic rings. The van der Waals surface area contributed by atoms with E-state index < -0.39 is 0 Å². The molecular formula is C18H26N2O. The van der Waals surface area contributed by atoms with Crippen LogP contribution in [0.5, 0.6) is 0 Å². The monoisotopic (exact) mass is 286 g/mol. The van der Waals surface area contributed by atoms with Gasteiger partial charge in [-0.2, -0.15) is 0 Å². The largest absolute Gasteiger partial charge is 0.353 e. The highest BCUT2D eigenvalue weighted by Gasteiger charge is 2.13. The van der Waals surface area contributed by atoms with Crippen molar-refractivity contribution in [2.75, 3.05) is 11.9 Å². The molecule has 0 aliphatic carbocycles. The average molecular weight is 286 g/mol. The fourth-order valence-electron chi connectivity index (χ4n) is 2.83. The lowest BCUT2D eigenvalue weighted by Crippen LogP contribution is -2.10. The van der Waals surface area contributed by atoms with Crippen LogP contribution in [-0.4, -0.2) is 11.7 Å². The van der Waals surface area contributed by atoms with Crippen LogP contribution in [0.25, 0.3) is 0 Å². The van der Waals surface area contributed by atoms with Crippen molar-refractivity contribution in [3.8, 4) is 0 Å². The molecule has 0 atom stereocenters. The number of aromatic nitrogens is 1. The molecule has 1 aromatic heterocycles. The molecule has 3 heteroatoms.